The molecule has 1 amide bonds. The molecule has 1 heterocycles. The first-order valence-electron chi connectivity index (χ1n) is 8.69. The zero-order valence-corrected chi connectivity index (χ0v) is 14.0. The van der Waals surface area contributed by atoms with E-state index < -0.39 is 5.63 Å². The second kappa shape index (κ2) is 7.51. The van der Waals surface area contributed by atoms with Gasteiger partial charge in [-0.15, -0.1) is 0 Å². The molecule has 0 bridgehead atoms. The number of amides is 1. The van der Waals surface area contributed by atoms with Crippen LogP contribution in [0.5, 0.6) is 5.75 Å². The summed E-state index contributed by atoms with van der Waals surface area (Å²) in [4.78, 5) is 24.5. The smallest absolute Gasteiger partial charge is 0.337 e. The second-order valence-corrected chi connectivity index (χ2v) is 6.23. The Hall–Kier alpha value is -2.30. The van der Waals surface area contributed by atoms with Gasteiger partial charge in [-0.25, -0.2) is 4.79 Å². The lowest BCUT2D eigenvalue weighted by molar-refractivity contribution is 0.0934. The lowest BCUT2D eigenvalue weighted by atomic mass is 10.1. The predicted molar refractivity (Wildman–Crippen MR) is 92.6 cm³/mol. The molecule has 1 aliphatic carbocycles. The summed E-state index contributed by atoms with van der Waals surface area (Å²) in [7, 11) is 0. The summed E-state index contributed by atoms with van der Waals surface area (Å²) in [5, 5.41) is 3.71. The van der Waals surface area contributed by atoms with Gasteiger partial charge in [0.25, 0.3) is 5.91 Å². The van der Waals surface area contributed by atoms with Gasteiger partial charge in [0.2, 0.25) is 0 Å². The van der Waals surface area contributed by atoms with E-state index in [2.05, 4.69) is 5.32 Å². The van der Waals surface area contributed by atoms with Crippen molar-refractivity contribution in [3.05, 3.63) is 40.2 Å². The first-order valence-corrected chi connectivity index (χ1v) is 8.69. The third-order valence-corrected chi connectivity index (χ3v) is 4.46. The maximum Gasteiger partial charge on any atom is 0.337 e. The summed E-state index contributed by atoms with van der Waals surface area (Å²) < 4.78 is 10.7. The van der Waals surface area contributed by atoms with Gasteiger partial charge in [0, 0.05) is 23.6 Å². The summed E-state index contributed by atoms with van der Waals surface area (Å²) >= 11 is 0. The lowest BCUT2D eigenvalue weighted by Crippen LogP contribution is -2.34. The van der Waals surface area contributed by atoms with Gasteiger partial charge < -0.3 is 14.5 Å². The van der Waals surface area contributed by atoms with Crippen molar-refractivity contribution < 1.29 is 13.9 Å². The molecular weight excluding hydrogens is 306 g/mol. The topological polar surface area (TPSA) is 68.5 Å². The van der Waals surface area contributed by atoms with Gasteiger partial charge in [0.15, 0.2) is 0 Å². The average Bonchev–Trinajstić information content (AvgIpc) is 2.82. The fourth-order valence-electron chi connectivity index (χ4n) is 3.27. The van der Waals surface area contributed by atoms with Crippen LogP contribution >= 0.6 is 0 Å². The van der Waals surface area contributed by atoms with Crippen molar-refractivity contribution >= 4 is 16.9 Å². The van der Waals surface area contributed by atoms with Gasteiger partial charge in [0.1, 0.15) is 11.3 Å². The minimum Gasteiger partial charge on any atom is -0.494 e. The Labute approximate surface area is 141 Å². The molecule has 1 aromatic heterocycles. The molecule has 3 rings (SSSR count). The Balaban J connectivity index is 1.89. The van der Waals surface area contributed by atoms with Crippen molar-refractivity contribution in [1.82, 2.24) is 5.32 Å². The highest BCUT2D eigenvalue weighted by Gasteiger charge is 2.19. The Morgan fingerprint density at radius 3 is 2.67 bits per heavy atom. The number of rotatable bonds is 4. The first-order chi connectivity index (χ1) is 11.7. The molecule has 1 N–H and O–H groups in total. The van der Waals surface area contributed by atoms with Gasteiger partial charge >= 0.3 is 5.63 Å². The number of hydrogen-bond donors (Lipinski definition) is 1. The molecule has 0 atom stereocenters. The van der Waals surface area contributed by atoms with Crippen LogP contribution in [0.4, 0.5) is 0 Å². The van der Waals surface area contributed by atoms with E-state index in [0.717, 1.165) is 25.7 Å². The summed E-state index contributed by atoms with van der Waals surface area (Å²) in [6, 6.07) is 6.67. The average molecular weight is 329 g/mol. The van der Waals surface area contributed by atoms with Crippen molar-refractivity contribution in [2.75, 3.05) is 6.61 Å². The Morgan fingerprint density at radius 1 is 1.21 bits per heavy atom. The minimum absolute atomic E-state index is 0.185. The van der Waals surface area contributed by atoms with Crippen molar-refractivity contribution in [2.24, 2.45) is 0 Å². The molecule has 1 saturated carbocycles. The molecule has 0 radical (unpaired) electrons. The third-order valence-electron chi connectivity index (χ3n) is 4.46. The maximum absolute atomic E-state index is 12.7. The van der Waals surface area contributed by atoms with Crippen LogP contribution in [-0.4, -0.2) is 18.6 Å². The van der Waals surface area contributed by atoms with Crippen LogP contribution in [0.3, 0.4) is 0 Å². The van der Waals surface area contributed by atoms with Crippen molar-refractivity contribution in [3.63, 3.8) is 0 Å². The number of carbonyl (C=O) groups is 1. The fraction of sp³-hybridized carbons (Fsp3) is 0.474. The van der Waals surface area contributed by atoms with E-state index in [1.807, 2.05) is 6.92 Å². The molecule has 1 fully saturated rings. The quantitative estimate of drug-likeness (QED) is 0.687. The molecular formula is C19H23NO4. The van der Waals surface area contributed by atoms with Gasteiger partial charge in [-0.3, -0.25) is 4.79 Å². The largest absolute Gasteiger partial charge is 0.494 e. The molecule has 0 unspecified atom stereocenters. The highest BCUT2D eigenvalue weighted by atomic mass is 16.5. The van der Waals surface area contributed by atoms with Gasteiger partial charge in [-0.05, 0) is 31.9 Å². The van der Waals surface area contributed by atoms with E-state index in [4.69, 9.17) is 9.15 Å². The number of hydrogen-bond acceptors (Lipinski definition) is 4. The third kappa shape index (κ3) is 3.78. The van der Waals surface area contributed by atoms with Gasteiger partial charge in [0.05, 0.1) is 12.2 Å². The van der Waals surface area contributed by atoms with E-state index >= 15 is 0 Å². The summed E-state index contributed by atoms with van der Waals surface area (Å²) in [6.07, 6.45) is 6.73. The minimum atomic E-state index is -0.526. The Bertz CT molecular complexity index is 773. The van der Waals surface area contributed by atoms with E-state index in [1.165, 1.54) is 18.9 Å². The SMILES string of the molecule is CCOc1ccc2c(C(=O)NC3CCCCCC3)cc(=O)oc2c1. The highest BCUT2D eigenvalue weighted by Crippen LogP contribution is 2.23. The van der Waals surface area contributed by atoms with Crippen molar-refractivity contribution in [3.8, 4) is 5.75 Å². The van der Waals surface area contributed by atoms with Gasteiger partial charge in [-0.2, -0.15) is 0 Å². The highest BCUT2D eigenvalue weighted by molar-refractivity contribution is 6.05. The van der Waals surface area contributed by atoms with Crippen molar-refractivity contribution in [1.29, 1.82) is 0 Å². The van der Waals surface area contributed by atoms with Crippen LogP contribution in [0.2, 0.25) is 0 Å². The molecule has 5 nitrogen and oxygen atoms in total. The van der Waals surface area contributed by atoms with Crippen LogP contribution in [0.25, 0.3) is 11.0 Å². The Morgan fingerprint density at radius 2 is 1.96 bits per heavy atom. The molecule has 0 saturated heterocycles. The van der Waals surface area contributed by atoms with Crippen molar-refractivity contribution in [2.45, 2.75) is 51.5 Å². The van der Waals surface area contributed by atoms with Gasteiger partial charge in [-0.1, -0.05) is 25.7 Å². The summed E-state index contributed by atoms with van der Waals surface area (Å²) in [5.41, 5.74) is 0.218. The number of ether oxygens (including phenoxy) is 1. The molecule has 1 aromatic carbocycles. The van der Waals surface area contributed by atoms with E-state index in [-0.39, 0.29) is 11.9 Å². The molecule has 2 aromatic rings. The standard InChI is InChI=1S/C19H23NO4/c1-2-23-14-9-10-15-16(12-18(21)24-17(15)11-14)19(22)20-13-7-5-3-4-6-8-13/h9-13H,2-8H2,1H3,(H,20,22). The number of fused-ring (bicyclic) bond motifs is 1. The monoisotopic (exact) mass is 329 g/mol. The molecule has 0 spiro atoms. The zero-order valence-electron chi connectivity index (χ0n) is 14.0. The van der Waals surface area contributed by atoms with E-state index in [9.17, 15) is 9.59 Å². The maximum atomic E-state index is 12.7. The number of carbonyl (C=O) groups excluding carboxylic acids is 1. The molecule has 128 valence electrons. The van der Waals surface area contributed by atoms with Crippen LogP contribution < -0.4 is 15.7 Å². The van der Waals surface area contributed by atoms with Crippen LogP contribution in [0, 0.1) is 0 Å². The molecule has 24 heavy (non-hydrogen) atoms. The van der Waals surface area contributed by atoms with Crippen LogP contribution in [-0.2, 0) is 0 Å². The normalized spacial score (nSPS) is 15.9. The second-order valence-electron chi connectivity index (χ2n) is 6.23. The number of benzene rings is 1. The fourth-order valence-corrected chi connectivity index (χ4v) is 3.27. The lowest BCUT2D eigenvalue weighted by Gasteiger charge is -2.16. The zero-order chi connectivity index (χ0) is 16.9. The summed E-state index contributed by atoms with van der Waals surface area (Å²) in [6.45, 7) is 2.41. The first kappa shape index (κ1) is 16.6. The van der Waals surface area contributed by atoms with E-state index in [1.54, 1.807) is 18.2 Å². The number of nitrogens with one attached hydrogen (secondary N) is 1. The predicted octanol–water partition coefficient (Wildman–Crippen LogP) is 3.64. The molecule has 0 aliphatic heterocycles. The summed E-state index contributed by atoms with van der Waals surface area (Å²) in [5.74, 6) is 0.415. The molecule has 1 aliphatic rings. The van der Waals surface area contributed by atoms with E-state index in [0.29, 0.717) is 28.9 Å². The van der Waals surface area contributed by atoms with Crippen LogP contribution in [0.15, 0.2) is 33.5 Å². The molecule has 5 heteroatoms. The van der Waals surface area contributed by atoms with Crippen LogP contribution in [0.1, 0.15) is 55.8 Å². The Kier molecular flexibility index (Phi) is 5.18.